The summed E-state index contributed by atoms with van der Waals surface area (Å²) in [7, 11) is 0. The fraction of sp³-hybridized carbons (Fsp3) is 0.565. The minimum Gasteiger partial charge on any atom is -0.399 e. The first-order chi connectivity index (χ1) is 15.7. The van der Waals surface area contributed by atoms with Crippen molar-refractivity contribution in [2.45, 2.75) is 51.4 Å². The van der Waals surface area contributed by atoms with Crippen LogP contribution < -0.4 is 20.9 Å². The van der Waals surface area contributed by atoms with Crippen LogP contribution in [-0.2, 0) is 0 Å². The van der Waals surface area contributed by atoms with Crippen molar-refractivity contribution in [1.29, 1.82) is 0 Å². The lowest BCUT2D eigenvalue weighted by atomic mass is 9.93. The van der Waals surface area contributed by atoms with E-state index in [1.807, 2.05) is 6.07 Å². The maximum Gasteiger partial charge on any atom is 0.260 e. The van der Waals surface area contributed by atoms with Crippen molar-refractivity contribution in [1.82, 2.24) is 15.0 Å². The number of nitrogens with zero attached hydrogens (tertiary/aromatic N) is 5. The third-order valence-electron chi connectivity index (χ3n) is 7.13. The summed E-state index contributed by atoms with van der Waals surface area (Å²) in [6, 6.07) is 5.28. The fourth-order valence-electron chi connectivity index (χ4n) is 4.77. The number of carbonyl (C=O) groups is 1. The summed E-state index contributed by atoms with van der Waals surface area (Å²) in [5, 5.41) is 2.78. The normalized spacial score (nSPS) is 21.2. The molecule has 1 spiro atoms. The highest BCUT2D eigenvalue weighted by Gasteiger charge is 2.44. The highest BCUT2D eigenvalue weighted by Crippen LogP contribution is 2.54. The van der Waals surface area contributed by atoms with Crippen LogP contribution in [0, 0.1) is 12.3 Å². The number of halogens is 2. The maximum absolute atomic E-state index is 13.5. The van der Waals surface area contributed by atoms with Gasteiger partial charge in [-0.15, -0.1) is 0 Å². The maximum atomic E-state index is 13.5. The first kappa shape index (κ1) is 21.8. The quantitative estimate of drug-likeness (QED) is 0.676. The van der Waals surface area contributed by atoms with Crippen molar-refractivity contribution in [3.05, 3.63) is 29.6 Å². The molecule has 0 unspecified atom stereocenters. The Kier molecular flexibility index (Phi) is 5.33. The SMILES string of the molecule is Cc1nc(NC(=O)c2ccc(N)cc2N2CCC3(CC2)CC3)nc(N2CCC(F)(F)CC2)n1. The summed E-state index contributed by atoms with van der Waals surface area (Å²) < 4.78 is 27.1. The number of piperidine rings is 2. The van der Waals surface area contributed by atoms with Gasteiger partial charge in [0.2, 0.25) is 11.9 Å². The van der Waals surface area contributed by atoms with Gasteiger partial charge in [-0.2, -0.15) is 15.0 Å². The molecule has 33 heavy (non-hydrogen) atoms. The molecule has 1 saturated carbocycles. The predicted octanol–water partition coefficient (Wildman–Crippen LogP) is 3.63. The van der Waals surface area contributed by atoms with E-state index >= 15 is 0 Å². The molecule has 5 rings (SSSR count). The van der Waals surface area contributed by atoms with E-state index in [-0.39, 0.29) is 37.8 Å². The number of rotatable bonds is 4. The van der Waals surface area contributed by atoms with Gasteiger partial charge in [-0.05, 0) is 56.2 Å². The summed E-state index contributed by atoms with van der Waals surface area (Å²) >= 11 is 0. The Hall–Kier alpha value is -3.04. The van der Waals surface area contributed by atoms with Crippen LogP contribution in [0.1, 0.15) is 54.7 Å². The molecule has 2 saturated heterocycles. The monoisotopic (exact) mass is 457 g/mol. The van der Waals surface area contributed by atoms with Gasteiger partial charge in [0.05, 0.1) is 11.3 Å². The first-order valence-electron chi connectivity index (χ1n) is 11.5. The second-order valence-electron chi connectivity index (χ2n) is 9.57. The van der Waals surface area contributed by atoms with E-state index in [2.05, 4.69) is 25.2 Å². The number of nitrogens with one attached hydrogen (secondary N) is 1. The number of aryl methyl sites for hydroxylation is 1. The van der Waals surface area contributed by atoms with Crippen LogP contribution in [0.2, 0.25) is 0 Å². The van der Waals surface area contributed by atoms with Gasteiger partial charge in [0, 0.05) is 44.7 Å². The van der Waals surface area contributed by atoms with E-state index in [9.17, 15) is 13.6 Å². The highest BCUT2D eigenvalue weighted by molar-refractivity contribution is 6.07. The highest BCUT2D eigenvalue weighted by atomic mass is 19.3. The molecule has 8 nitrogen and oxygen atoms in total. The molecule has 176 valence electrons. The standard InChI is InChI=1S/C23H29F2N7O/c1-15-27-20(30-21(28-15)32-12-8-23(24,25)9-13-32)29-19(33)17-3-2-16(26)14-18(17)31-10-6-22(4-5-22)7-11-31/h2-3,14H,4-13,26H2,1H3,(H,27,28,29,30,33). The molecule has 3 aliphatic rings. The van der Waals surface area contributed by atoms with Gasteiger partial charge in [-0.25, -0.2) is 8.78 Å². The molecule has 2 aliphatic heterocycles. The molecule has 1 aliphatic carbocycles. The Morgan fingerprint density at radius 1 is 0.970 bits per heavy atom. The van der Waals surface area contributed by atoms with E-state index in [0.29, 0.717) is 28.4 Å². The van der Waals surface area contributed by atoms with Crippen LogP contribution in [0.15, 0.2) is 18.2 Å². The van der Waals surface area contributed by atoms with Gasteiger partial charge in [0.1, 0.15) is 5.82 Å². The first-order valence-corrected chi connectivity index (χ1v) is 11.5. The van der Waals surface area contributed by atoms with Gasteiger partial charge in [-0.3, -0.25) is 10.1 Å². The number of nitrogen functional groups attached to an aromatic ring is 1. The number of amides is 1. The molecule has 0 radical (unpaired) electrons. The second kappa shape index (κ2) is 8.07. The molecule has 1 amide bonds. The Balaban J connectivity index is 1.34. The molecule has 10 heteroatoms. The van der Waals surface area contributed by atoms with E-state index in [1.54, 1.807) is 24.0 Å². The van der Waals surface area contributed by atoms with Gasteiger partial charge in [0.25, 0.3) is 11.8 Å². The second-order valence-corrected chi connectivity index (χ2v) is 9.57. The largest absolute Gasteiger partial charge is 0.399 e. The number of anilines is 4. The summed E-state index contributed by atoms with van der Waals surface area (Å²) in [4.78, 5) is 30.0. The molecule has 2 aromatic rings. The fourth-order valence-corrected chi connectivity index (χ4v) is 4.77. The van der Waals surface area contributed by atoms with Crippen LogP contribution in [0.3, 0.4) is 0 Å². The van der Waals surface area contributed by atoms with E-state index in [4.69, 9.17) is 5.73 Å². The average molecular weight is 458 g/mol. The zero-order chi connectivity index (χ0) is 23.2. The summed E-state index contributed by atoms with van der Waals surface area (Å²) in [5.41, 5.74) is 8.49. The van der Waals surface area contributed by atoms with Gasteiger partial charge >= 0.3 is 0 Å². The van der Waals surface area contributed by atoms with Crippen molar-refractivity contribution in [2.75, 3.05) is 47.0 Å². The zero-order valence-electron chi connectivity index (χ0n) is 18.8. The molecule has 3 heterocycles. The lowest BCUT2D eigenvalue weighted by Gasteiger charge is -2.35. The number of nitrogens with two attached hydrogens (primary N) is 1. The van der Waals surface area contributed by atoms with E-state index in [0.717, 1.165) is 31.6 Å². The molecule has 1 aromatic heterocycles. The number of benzene rings is 1. The van der Waals surface area contributed by atoms with Gasteiger partial charge in [0.15, 0.2) is 0 Å². The summed E-state index contributed by atoms with van der Waals surface area (Å²) in [6.45, 7) is 3.80. The summed E-state index contributed by atoms with van der Waals surface area (Å²) in [5.74, 6) is -2.17. The molecular formula is C23H29F2N7O. The van der Waals surface area contributed by atoms with Gasteiger partial charge < -0.3 is 15.5 Å². The molecule has 1 aromatic carbocycles. The Bertz CT molecular complexity index is 1050. The third-order valence-corrected chi connectivity index (χ3v) is 7.13. The number of aromatic nitrogens is 3. The van der Waals surface area contributed by atoms with Crippen LogP contribution >= 0.6 is 0 Å². The van der Waals surface area contributed by atoms with Crippen molar-refractivity contribution >= 4 is 29.2 Å². The van der Waals surface area contributed by atoms with Crippen LogP contribution in [0.4, 0.5) is 32.1 Å². The lowest BCUT2D eigenvalue weighted by Crippen LogP contribution is -2.40. The predicted molar refractivity (Wildman–Crippen MR) is 123 cm³/mol. The number of carbonyl (C=O) groups excluding carboxylic acids is 1. The third kappa shape index (κ3) is 4.69. The Labute approximate surface area is 191 Å². The zero-order valence-corrected chi connectivity index (χ0v) is 18.8. The number of alkyl halides is 2. The lowest BCUT2D eigenvalue weighted by molar-refractivity contribution is -0.0222. The summed E-state index contributed by atoms with van der Waals surface area (Å²) in [6.07, 6.45) is 4.39. The van der Waals surface area contributed by atoms with Crippen molar-refractivity contribution in [3.63, 3.8) is 0 Å². The smallest absolute Gasteiger partial charge is 0.260 e. The minimum atomic E-state index is -2.66. The Morgan fingerprint density at radius 2 is 1.64 bits per heavy atom. The minimum absolute atomic E-state index is 0.109. The van der Waals surface area contributed by atoms with E-state index < -0.39 is 5.92 Å². The average Bonchev–Trinajstić information content (AvgIpc) is 3.52. The van der Waals surface area contributed by atoms with Crippen molar-refractivity contribution in [2.24, 2.45) is 5.41 Å². The number of hydrogen-bond donors (Lipinski definition) is 2. The van der Waals surface area contributed by atoms with Crippen LogP contribution in [0.25, 0.3) is 0 Å². The van der Waals surface area contributed by atoms with Crippen molar-refractivity contribution < 1.29 is 13.6 Å². The molecular weight excluding hydrogens is 428 g/mol. The molecule has 0 bridgehead atoms. The number of hydrogen-bond acceptors (Lipinski definition) is 7. The van der Waals surface area contributed by atoms with E-state index in [1.165, 1.54) is 12.8 Å². The Morgan fingerprint density at radius 3 is 2.30 bits per heavy atom. The van der Waals surface area contributed by atoms with Crippen LogP contribution in [0.5, 0.6) is 0 Å². The topological polar surface area (TPSA) is 100 Å². The van der Waals surface area contributed by atoms with Gasteiger partial charge in [-0.1, -0.05) is 0 Å². The molecule has 0 atom stereocenters. The molecule has 3 fully saturated rings. The van der Waals surface area contributed by atoms with Crippen LogP contribution in [-0.4, -0.2) is 53.0 Å². The molecule has 3 N–H and O–H groups in total. The van der Waals surface area contributed by atoms with Crippen molar-refractivity contribution in [3.8, 4) is 0 Å².